The number of hydrogen-bond donors (Lipinski definition) is 2. The topological polar surface area (TPSA) is 110 Å². The molecule has 8 nitrogen and oxygen atoms in total. The van der Waals surface area contributed by atoms with Crippen molar-refractivity contribution in [1.29, 1.82) is 0 Å². The van der Waals surface area contributed by atoms with Crippen LogP contribution in [0.1, 0.15) is 43.9 Å². The van der Waals surface area contributed by atoms with E-state index in [9.17, 15) is 20.0 Å². The van der Waals surface area contributed by atoms with Crippen molar-refractivity contribution in [2.24, 2.45) is 18.4 Å². The molecule has 0 aliphatic rings. The van der Waals surface area contributed by atoms with Crippen LogP contribution in [0.5, 0.6) is 0 Å². The van der Waals surface area contributed by atoms with Crippen molar-refractivity contribution >= 4 is 11.6 Å². The number of carbonyl (C=O) groups excluding carboxylic acids is 1. The lowest BCUT2D eigenvalue weighted by Gasteiger charge is -2.33. The van der Waals surface area contributed by atoms with Crippen LogP contribution < -0.4 is 5.32 Å². The van der Waals surface area contributed by atoms with Gasteiger partial charge >= 0.3 is 5.69 Å². The number of carbonyl (C=O) groups is 1. The van der Waals surface area contributed by atoms with Crippen molar-refractivity contribution in [2.75, 3.05) is 6.54 Å². The number of aromatic nitrogens is 2. The highest BCUT2D eigenvalue weighted by Crippen LogP contribution is 2.26. The molecular formula is C14H24N4O4. The number of nitrogens with zero attached hydrogens (tertiary/aromatic N) is 3. The van der Waals surface area contributed by atoms with Gasteiger partial charge in [0.2, 0.25) is 5.69 Å². The number of amides is 1. The summed E-state index contributed by atoms with van der Waals surface area (Å²) >= 11 is 0. The van der Waals surface area contributed by atoms with Gasteiger partial charge in [0.05, 0.1) is 11.0 Å². The molecule has 0 spiro atoms. The minimum absolute atomic E-state index is 0.0418. The van der Waals surface area contributed by atoms with E-state index in [1.807, 2.05) is 27.7 Å². The second-order valence-corrected chi connectivity index (χ2v) is 6.52. The second-order valence-electron chi connectivity index (χ2n) is 6.52. The molecule has 0 aliphatic carbocycles. The number of nitro groups is 1. The van der Waals surface area contributed by atoms with Crippen molar-refractivity contribution in [2.45, 2.75) is 40.7 Å². The third-order valence-corrected chi connectivity index (χ3v) is 3.72. The molecular weight excluding hydrogens is 288 g/mol. The minimum Gasteiger partial charge on any atom is -0.392 e. The van der Waals surface area contributed by atoms with Crippen LogP contribution in [0.25, 0.3) is 0 Å². The molecule has 1 unspecified atom stereocenters. The van der Waals surface area contributed by atoms with Crippen LogP contribution in [0.4, 0.5) is 5.69 Å². The largest absolute Gasteiger partial charge is 0.392 e. The van der Waals surface area contributed by atoms with Crippen LogP contribution in [-0.4, -0.2) is 38.4 Å². The molecule has 0 fully saturated rings. The number of aliphatic hydroxyl groups excluding tert-OH is 1. The van der Waals surface area contributed by atoms with E-state index in [0.717, 1.165) is 0 Å². The highest BCUT2D eigenvalue weighted by molar-refractivity contribution is 5.96. The quantitative estimate of drug-likeness (QED) is 0.609. The Morgan fingerprint density at radius 1 is 1.50 bits per heavy atom. The number of aliphatic hydroxyl groups is 1. The van der Waals surface area contributed by atoms with E-state index in [4.69, 9.17) is 0 Å². The maximum absolute atomic E-state index is 12.3. The van der Waals surface area contributed by atoms with E-state index in [-0.39, 0.29) is 29.5 Å². The summed E-state index contributed by atoms with van der Waals surface area (Å²) in [5.41, 5.74) is -0.731. The summed E-state index contributed by atoms with van der Waals surface area (Å²) in [4.78, 5) is 22.8. The van der Waals surface area contributed by atoms with Crippen LogP contribution in [0.15, 0.2) is 0 Å². The zero-order chi connectivity index (χ0) is 17.2. The fourth-order valence-corrected chi connectivity index (χ4v) is 2.52. The number of aryl methyl sites for hydroxylation is 2. The van der Waals surface area contributed by atoms with Crippen LogP contribution in [0.3, 0.4) is 0 Å². The van der Waals surface area contributed by atoms with Gasteiger partial charge in [0.15, 0.2) is 0 Å². The summed E-state index contributed by atoms with van der Waals surface area (Å²) in [6, 6.07) is 0. The normalized spacial score (nSPS) is 13.3. The molecule has 0 radical (unpaired) electrons. The van der Waals surface area contributed by atoms with Crippen molar-refractivity contribution < 1.29 is 14.8 Å². The molecule has 1 heterocycles. The average molecular weight is 312 g/mol. The van der Waals surface area contributed by atoms with Gasteiger partial charge in [0.1, 0.15) is 5.69 Å². The van der Waals surface area contributed by atoms with Gasteiger partial charge in [-0.05, 0) is 12.8 Å². The lowest BCUT2D eigenvalue weighted by Crippen LogP contribution is -2.44. The maximum Gasteiger partial charge on any atom is 0.322 e. The SMILES string of the molecule is Cc1nn(C)c(C(=O)NCC(C)(C)C(O)C(C)C)c1[N+](=O)[O-]. The Labute approximate surface area is 129 Å². The van der Waals surface area contributed by atoms with Crippen LogP contribution in [0, 0.1) is 28.4 Å². The van der Waals surface area contributed by atoms with Crippen molar-refractivity contribution in [3.05, 3.63) is 21.5 Å². The summed E-state index contributed by atoms with van der Waals surface area (Å²) < 4.78 is 1.20. The number of nitrogens with one attached hydrogen (secondary N) is 1. The molecule has 1 amide bonds. The van der Waals surface area contributed by atoms with Gasteiger partial charge in [-0.2, -0.15) is 5.10 Å². The summed E-state index contributed by atoms with van der Waals surface area (Å²) in [7, 11) is 1.49. The highest BCUT2D eigenvalue weighted by Gasteiger charge is 2.33. The summed E-state index contributed by atoms with van der Waals surface area (Å²) in [5.74, 6) is -0.529. The van der Waals surface area contributed by atoms with Gasteiger partial charge in [-0.25, -0.2) is 0 Å². The van der Waals surface area contributed by atoms with E-state index in [2.05, 4.69) is 10.4 Å². The fraction of sp³-hybridized carbons (Fsp3) is 0.714. The lowest BCUT2D eigenvalue weighted by atomic mass is 9.80. The Bertz CT molecular complexity index is 578. The second kappa shape index (κ2) is 6.43. The van der Waals surface area contributed by atoms with E-state index >= 15 is 0 Å². The van der Waals surface area contributed by atoms with E-state index in [0.29, 0.717) is 0 Å². The van der Waals surface area contributed by atoms with Gasteiger partial charge in [-0.1, -0.05) is 27.7 Å². The number of rotatable bonds is 6. The molecule has 0 saturated carbocycles. The third kappa shape index (κ3) is 3.62. The first-order valence-electron chi connectivity index (χ1n) is 7.13. The number of hydrogen-bond acceptors (Lipinski definition) is 5. The first kappa shape index (κ1) is 18.1. The first-order valence-corrected chi connectivity index (χ1v) is 7.13. The zero-order valence-corrected chi connectivity index (χ0v) is 13.9. The Balaban J connectivity index is 2.94. The molecule has 124 valence electrons. The summed E-state index contributed by atoms with van der Waals surface area (Å²) in [6.45, 7) is 9.14. The Hall–Kier alpha value is -1.96. The van der Waals surface area contributed by atoms with E-state index in [1.54, 1.807) is 0 Å². The maximum atomic E-state index is 12.3. The Morgan fingerprint density at radius 2 is 2.05 bits per heavy atom. The fourth-order valence-electron chi connectivity index (χ4n) is 2.52. The van der Waals surface area contributed by atoms with Crippen molar-refractivity contribution in [3.63, 3.8) is 0 Å². The van der Waals surface area contributed by atoms with E-state index in [1.165, 1.54) is 18.7 Å². The first-order chi connectivity index (χ1) is 9.99. The zero-order valence-electron chi connectivity index (χ0n) is 13.9. The lowest BCUT2D eigenvalue weighted by molar-refractivity contribution is -0.385. The smallest absolute Gasteiger partial charge is 0.322 e. The van der Waals surface area contributed by atoms with Crippen LogP contribution in [-0.2, 0) is 7.05 Å². The van der Waals surface area contributed by atoms with Crippen molar-refractivity contribution in [1.82, 2.24) is 15.1 Å². The highest BCUT2D eigenvalue weighted by atomic mass is 16.6. The molecule has 2 N–H and O–H groups in total. The van der Waals surface area contributed by atoms with Gasteiger partial charge in [0, 0.05) is 19.0 Å². The van der Waals surface area contributed by atoms with Crippen LogP contribution >= 0.6 is 0 Å². The Kier molecular flexibility index (Phi) is 5.29. The predicted molar refractivity (Wildman–Crippen MR) is 81.6 cm³/mol. The predicted octanol–water partition coefficient (Wildman–Crippen LogP) is 1.41. The minimum atomic E-state index is -0.606. The van der Waals surface area contributed by atoms with Gasteiger partial charge in [-0.3, -0.25) is 19.6 Å². The molecule has 0 saturated heterocycles. The van der Waals surface area contributed by atoms with Gasteiger partial charge in [-0.15, -0.1) is 0 Å². The molecule has 22 heavy (non-hydrogen) atoms. The van der Waals surface area contributed by atoms with E-state index < -0.39 is 22.3 Å². The van der Waals surface area contributed by atoms with Crippen LogP contribution in [0.2, 0.25) is 0 Å². The standard InChI is InChI=1S/C14H24N4O4/c1-8(2)12(19)14(4,5)7-15-13(20)11-10(18(21)22)9(3)16-17(11)6/h8,12,19H,7H2,1-6H3,(H,15,20). The average Bonchev–Trinajstić information content (AvgIpc) is 2.69. The molecule has 8 heteroatoms. The molecule has 1 atom stereocenters. The third-order valence-electron chi connectivity index (χ3n) is 3.72. The summed E-state index contributed by atoms with van der Waals surface area (Å²) in [5, 5.41) is 27.8. The molecule has 0 aliphatic heterocycles. The monoisotopic (exact) mass is 312 g/mol. The van der Waals surface area contributed by atoms with Gasteiger partial charge < -0.3 is 10.4 Å². The molecule has 1 aromatic heterocycles. The summed E-state index contributed by atoms with van der Waals surface area (Å²) in [6.07, 6.45) is -0.601. The molecule has 0 bridgehead atoms. The van der Waals surface area contributed by atoms with Gasteiger partial charge in [0.25, 0.3) is 5.91 Å². The molecule has 0 aromatic carbocycles. The van der Waals surface area contributed by atoms with Crippen molar-refractivity contribution in [3.8, 4) is 0 Å². The Morgan fingerprint density at radius 3 is 2.50 bits per heavy atom. The molecule has 1 rings (SSSR count). The molecule has 1 aromatic rings.